The minimum absolute atomic E-state index is 0.0713. The number of carbonyl (C=O) groups excluding carboxylic acids is 1. The Morgan fingerprint density at radius 2 is 1.91 bits per heavy atom. The van der Waals surface area contributed by atoms with Gasteiger partial charge in [0.25, 0.3) is 5.91 Å². The lowest BCUT2D eigenvalue weighted by atomic mass is 9.82. The van der Waals surface area contributed by atoms with E-state index in [9.17, 15) is 9.90 Å². The molecule has 1 saturated carbocycles. The van der Waals surface area contributed by atoms with E-state index in [1.807, 2.05) is 12.1 Å². The molecule has 0 bridgehead atoms. The van der Waals surface area contributed by atoms with Crippen molar-refractivity contribution < 1.29 is 9.90 Å². The number of nitrogens with zero attached hydrogens (tertiary/aromatic N) is 1. The van der Waals surface area contributed by atoms with Crippen LogP contribution in [-0.4, -0.2) is 33.7 Å². The van der Waals surface area contributed by atoms with Gasteiger partial charge in [-0.15, -0.1) is 11.3 Å². The Bertz CT molecular complexity index is 977. The number of nitrogens with one attached hydrogen (secondary N) is 2. The molecule has 176 valence electrons. The van der Waals surface area contributed by atoms with Crippen molar-refractivity contribution >= 4 is 52.4 Å². The molecule has 1 aromatic heterocycles. The summed E-state index contributed by atoms with van der Waals surface area (Å²) in [7, 11) is 0. The summed E-state index contributed by atoms with van der Waals surface area (Å²) in [5.74, 6) is 0.296. The fourth-order valence-electron chi connectivity index (χ4n) is 3.13. The first kappa shape index (κ1) is 25.8. The van der Waals surface area contributed by atoms with E-state index < -0.39 is 5.60 Å². The van der Waals surface area contributed by atoms with Crippen LogP contribution in [0, 0.1) is 5.92 Å². The number of aliphatic hydroxyl groups is 1. The Morgan fingerprint density at radius 1 is 1.22 bits per heavy atom. The van der Waals surface area contributed by atoms with Gasteiger partial charge >= 0.3 is 0 Å². The molecule has 9 heteroatoms. The van der Waals surface area contributed by atoms with Crippen molar-refractivity contribution in [3.63, 3.8) is 0 Å². The average molecular weight is 517 g/mol. The van der Waals surface area contributed by atoms with Gasteiger partial charge in [-0.1, -0.05) is 48.5 Å². The van der Waals surface area contributed by atoms with Gasteiger partial charge in [-0.05, 0) is 65.0 Å². The van der Waals surface area contributed by atoms with E-state index in [1.54, 1.807) is 13.8 Å². The fraction of sp³-hybridized carbons (Fsp3) is 0.565. The highest BCUT2D eigenvalue weighted by Gasteiger charge is 2.26. The summed E-state index contributed by atoms with van der Waals surface area (Å²) in [6, 6.07) is 3.91. The smallest absolute Gasteiger partial charge is 0.280 e. The molecule has 1 heterocycles. The Hall–Kier alpha value is -0.830. The number of carbonyl (C=O) groups is 1. The monoisotopic (exact) mass is 515 g/mol. The molecule has 5 nitrogen and oxygen atoms in total. The lowest BCUT2D eigenvalue weighted by Gasteiger charge is -2.25. The van der Waals surface area contributed by atoms with Crippen LogP contribution in [0.25, 0.3) is 10.4 Å². The fourth-order valence-corrected chi connectivity index (χ4v) is 5.57. The van der Waals surface area contributed by atoms with Gasteiger partial charge < -0.3 is 10.4 Å². The highest BCUT2D eigenvalue weighted by molar-refractivity contribution is 7.97. The van der Waals surface area contributed by atoms with E-state index in [1.165, 1.54) is 42.5 Å². The summed E-state index contributed by atoms with van der Waals surface area (Å²) in [5.41, 5.74) is 0.623. The second kappa shape index (κ2) is 10.2. The molecule has 0 radical (unpaired) electrons. The van der Waals surface area contributed by atoms with Crippen molar-refractivity contribution in [1.82, 2.24) is 15.0 Å². The van der Waals surface area contributed by atoms with Crippen molar-refractivity contribution in [1.29, 1.82) is 0 Å². The minimum atomic E-state index is -0.990. The maximum absolute atomic E-state index is 12.7. The molecule has 0 unspecified atom stereocenters. The van der Waals surface area contributed by atoms with Crippen molar-refractivity contribution in [2.24, 2.45) is 5.92 Å². The quantitative estimate of drug-likeness (QED) is 0.356. The van der Waals surface area contributed by atoms with Gasteiger partial charge in [0.2, 0.25) is 0 Å². The third-order valence-corrected chi connectivity index (χ3v) is 8.44. The first-order valence-electron chi connectivity index (χ1n) is 10.8. The van der Waals surface area contributed by atoms with Crippen LogP contribution in [0.3, 0.4) is 0 Å². The zero-order chi connectivity index (χ0) is 23.7. The number of amides is 1. The van der Waals surface area contributed by atoms with E-state index in [4.69, 9.17) is 23.2 Å². The third kappa shape index (κ3) is 6.84. The Labute approximate surface area is 208 Å². The predicted molar refractivity (Wildman–Crippen MR) is 136 cm³/mol. The molecule has 0 atom stereocenters. The van der Waals surface area contributed by atoms with Gasteiger partial charge in [-0.25, -0.2) is 4.98 Å². The van der Waals surface area contributed by atoms with Gasteiger partial charge in [-0.3, -0.25) is 9.52 Å². The number of hydrogen-bond acceptors (Lipinski definition) is 6. The van der Waals surface area contributed by atoms with Crippen LogP contribution >= 0.6 is 46.5 Å². The van der Waals surface area contributed by atoms with Gasteiger partial charge in [0, 0.05) is 22.5 Å². The molecule has 32 heavy (non-hydrogen) atoms. The SMILES string of the molecule is CC(C)(O)CNC(=O)c1nc(CC2CCC2)c(-c2ccc(SNC(C)(C)C)c(Cl)c2Cl)s1. The summed E-state index contributed by atoms with van der Waals surface area (Å²) in [5, 5.41) is 14.0. The van der Waals surface area contributed by atoms with Crippen molar-refractivity contribution in [3.8, 4) is 10.4 Å². The molecule has 0 aliphatic heterocycles. The van der Waals surface area contributed by atoms with E-state index in [0.29, 0.717) is 21.0 Å². The molecule has 1 amide bonds. The first-order chi connectivity index (χ1) is 14.8. The molecule has 1 aliphatic rings. The van der Waals surface area contributed by atoms with Crippen molar-refractivity contribution in [3.05, 3.63) is 32.9 Å². The van der Waals surface area contributed by atoms with Crippen LogP contribution in [0.1, 0.15) is 69.4 Å². The highest BCUT2D eigenvalue weighted by Crippen LogP contribution is 2.44. The van der Waals surface area contributed by atoms with Crippen LogP contribution in [0.4, 0.5) is 0 Å². The van der Waals surface area contributed by atoms with Gasteiger partial charge in [0.1, 0.15) is 0 Å². The van der Waals surface area contributed by atoms with Gasteiger partial charge in [-0.2, -0.15) is 0 Å². The summed E-state index contributed by atoms with van der Waals surface area (Å²) >= 11 is 16.1. The van der Waals surface area contributed by atoms with E-state index in [-0.39, 0.29) is 18.0 Å². The zero-order valence-corrected chi connectivity index (χ0v) is 22.3. The predicted octanol–water partition coefficient (Wildman–Crippen LogP) is 6.36. The van der Waals surface area contributed by atoms with Crippen LogP contribution in [0.15, 0.2) is 17.0 Å². The largest absolute Gasteiger partial charge is 0.389 e. The second-order valence-electron chi connectivity index (χ2n) is 9.98. The molecule has 0 spiro atoms. The van der Waals surface area contributed by atoms with Crippen LogP contribution < -0.4 is 10.0 Å². The Balaban J connectivity index is 1.91. The topological polar surface area (TPSA) is 74.2 Å². The lowest BCUT2D eigenvalue weighted by molar-refractivity contribution is 0.0694. The molecule has 1 aliphatic carbocycles. The molecule has 0 saturated heterocycles. The van der Waals surface area contributed by atoms with Gasteiger partial charge in [0.15, 0.2) is 5.01 Å². The van der Waals surface area contributed by atoms with Crippen LogP contribution in [0.5, 0.6) is 0 Å². The Morgan fingerprint density at radius 3 is 2.47 bits per heavy atom. The number of benzene rings is 1. The molecular weight excluding hydrogens is 485 g/mol. The second-order valence-corrected chi connectivity index (χ2v) is 12.6. The molecule has 1 aromatic carbocycles. The summed E-state index contributed by atoms with van der Waals surface area (Å²) in [6.07, 6.45) is 4.42. The van der Waals surface area contributed by atoms with E-state index in [2.05, 4.69) is 35.8 Å². The number of rotatable bonds is 8. The maximum Gasteiger partial charge on any atom is 0.280 e. The summed E-state index contributed by atoms with van der Waals surface area (Å²) in [4.78, 5) is 19.1. The minimum Gasteiger partial charge on any atom is -0.389 e. The molecule has 1 fully saturated rings. The third-order valence-electron chi connectivity index (χ3n) is 5.04. The van der Waals surface area contributed by atoms with Crippen LogP contribution in [-0.2, 0) is 6.42 Å². The van der Waals surface area contributed by atoms with Crippen LogP contribution in [0.2, 0.25) is 10.0 Å². The number of aromatic nitrogens is 1. The number of halogens is 2. The van der Waals surface area contributed by atoms with E-state index >= 15 is 0 Å². The summed E-state index contributed by atoms with van der Waals surface area (Å²) in [6.45, 7) is 9.70. The zero-order valence-electron chi connectivity index (χ0n) is 19.1. The molecule has 3 N–H and O–H groups in total. The van der Waals surface area contributed by atoms with Crippen molar-refractivity contribution in [2.45, 2.75) is 76.3 Å². The molecule has 3 rings (SSSR count). The Kier molecular flexibility index (Phi) is 8.22. The lowest BCUT2D eigenvalue weighted by Crippen LogP contribution is -2.38. The van der Waals surface area contributed by atoms with Crippen molar-refractivity contribution in [2.75, 3.05) is 6.54 Å². The molecular formula is C23H31Cl2N3O2S2. The van der Waals surface area contributed by atoms with E-state index in [0.717, 1.165) is 27.5 Å². The standard InChI is InChI=1S/C23H31Cl2N3O2S2/c1-22(2,3)28-32-16-10-9-14(17(24)18(16)25)19-15(11-13-7-6-8-13)27-21(31-19)20(29)26-12-23(4,5)30/h9-10,13,28,30H,6-8,11-12H2,1-5H3,(H,26,29). The first-order valence-corrected chi connectivity index (χ1v) is 13.2. The normalized spacial score (nSPS) is 15.0. The highest BCUT2D eigenvalue weighted by atomic mass is 35.5. The number of thiazole rings is 1. The summed E-state index contributed by atoms with van der Waals surface area (Å²) < 4.78 is 3.35. The number of hydrogen-bond donors (Lipinski definition) is 3. The van der Waals surface area contributed by atoms with Gasteiger partial charge in [0.05, 0.1) is 26.2 Å². The molecule has 2 aromatic rings. The average Bonchev–Trinajstić information content (AvgIpc) is 3.06. The maximum atomic E-state index is 12.7.